The highest BCUT2D eigenvalue weighted by Gasteiger charge is 2.16. The van der Waals surface area contributed by atoms with Gasteiger partial charge in [0.15, 0.2) is 5.69 Å². The van der Waals surface area contributed by atoms with E-state index in [9.17, 15) is 10.1 Å². The molecule has 0 aliphatic rings. The van der Waals surface area contributed by atoms with E-state index in [2.05, 4.69) is 20.4 Å². The van der Waals surface area contributed by atoms with Gasteiger partial charge in [0, 0.05) is 31.9 Å². The van der Waals surface area contributed by atoms with Gasteiger partial charge in [-0.15, -0.1) is 20.4 Å². The molecule has 9 heteroatoms. The van der Waals surface area contributed by atoms with Crippen molar-refractivity contribution in [3.8, 4) is 0 Å². The Morgan fingerprint density at radius 1 is 1.32 bits per heavy atom. The maximum atomic E-state index is 11.3. The number of anilines is 1. The van der Waals surface area contributed by atoms with Gasteiger partial charge in [-0.3, -0.25) is 10.1 Å². The predicted molar refractivity (Wildman–Crippen MR) is 81.8 cm³/mol. The smallest absolute Gasteiger partial charge is 0.298 e. The molecule has 0 saturated heterocycles. The van der Waals surface area contributed by atoms with E-state index < -0.39 is 4.92 Å². The van der Waals surface area contributed by atoms with Crippen molar-refractivity contribution in [1.29, 1.82) is 0 Å². The fourth-order valence-corrected chi connectivity index (χ4v) is 1.99. The Morgan fingerprint density at radius 3 is 2.59 bits per heavy atom. The van der Waals surface area contributed by atoms with Crippen LogP contribution in [0, 0.1) is 10.1 Å². The number of rotatable bonds is 6. The fourth-order valence-electron chi connectivity index (χ4n) is 1.99. The average molecular weight is 303 g/mol. The molecule has 0 spiro atoms. The topological polar surface area (TPSA) is 102 Å². The summed E-state index contributed by atoms with van der Waals surface area (Å²) >= 11 is 0. The first-order valence-electron chi connectivity index (χ1n) is 6.86. The molecule has 0 bridgehead atoms. The summed E-state index contributed by atoms with van der Waals surface area (Å²) in [6.45, 7) is 5.54. The molecule has 0 aliphatic carbocycles. The molecule has 0 saturated carbocycles. The summed E-state index contributed by atoms with van der Waals surface area (Å²) < 4.78 is 1.57. The van der Waals surface area contributed by atoms with Crippen molar-refractivity contribution < 1.29 is 4.92 Å². The third-order valence-corrected chi connectivity index (χ3v) is 3.22. The molecule has 2 rings (SSSR count). The van der Waals surface area contributed by atoms with Gasteiger partial charge in [-0.25, -0.2) is 0 Å². The fraction of sp³-hybridized carbons (Fsp3) is 0.385. The molecule has 0 unspecified atom stereocenters. The Hall–Kier alpha value is -2.84. The van der Waals surface area contributed by atoms with Crippen molar-refractivity contribution in [3.05, 3.63) is 34.6 Å². The van der Waals surface area contributed by atoms with Crippen LogP contribution in [0.15, 0.2) is 34.8 Å². The van der Waals surface area contributed by atoms with Gasteiger partial charge in [0.25, 0.3) is 11.6 Å². The number of aryl methyl sites for hydroxylation is 1. The molecule has 0 N–H and O–H groups in total. The van der Waals surface area contributed by atoms with E-state index in [1.807, 2.05) is 18.7 Å². The second-order valence-corrected chi connectivity index (χ2v) is 4.54. The molecule has 2 aromatic rings. The third kappa shape index (κ3) is 3.25. The minimum atomic E-state index is -0.460. The molecular weight excluding hydrogens is 286 g/mol. The van der Waals surface area contributed by atoms with Gasteiger partial charge in [-0.2, -0.15) is 0 Å². The van der Waals surface area contributed by atoms with E-state index in [0.29, 0.717) is 0 Å². The number of hydrogen-bond acceptors (Lipinski definition) is 7. The van der Waals surface area contributed by atoms with Gasteiger partial charge in [0.05, 0.1) is 4.92 Å². The minimum Gasteiger partial charge on any atom is -0.372 e. The number of aromatic nitrogens is 3. The molecule has 0 atom stereocenters. The summed E-state index contributed by atoms with van der Waals surface area (Å²) in [5.74, 6) is 0.280. The van der Waals surface area contributed by atoms with Crippen LogP contribution in [0.5, 0.6) is 0 Å². The molecule has 9 nitrogen and oxygen atoms in total. The number of hydrogen-bond donors (Lipinski definition) is 0. The van der Waals surface area contributed by atoms with Crippen LogP contribution in [-0.2, 0) is 7.05 Å². The Labute approximate surface area is 127 Å². The van der Waals surface area contributed by atoms with Crippen molar-refractivity contribution in [2.24, 2.45) is 17.3 Å². The lowest BCUT2D eigenvalue weighted by molar-refractivity contribution is -0.384. The summed E-state index contributed by atoms with van der Waals surface area (Å²) in [4.78, 5) is 12.8. The Kier molecular flexibility index (Phi) is 4.77. The van der Waals surface area contributed by atoms with Crippen LogP contribution in [0.4, 0.5) is 23.0 Å². The van der Waals surface area contributed by atoms with Crippen molar-refractivity contribution in [2.45, 2.75) is 13.8 Å². The number of nitro groups is 1. The van der Waals surface area contributed by atoms with Crippen LogP contribution in [-0.4, -0.2) is 32.8 Å². The van der Waals surface area contributed by atoms with Crippen molar-refractivity contribution in [3.63, 3.8) is 0 Å². The highest BCUT2D eigenvalue weighted by molar-refractivity contribution is 5.65. The quantitative estimate of drug-likeness (QED) is 0.463. The molecule has 0 aliphatic heterocycles. The van der Waals surface area contributed by atoms with Gasteiger partial charge in [-0.1, -0.05) is 0 Å². The van der Waals surface area contributed by atoms with E-state index in [1.54, 1.807) is 23.7 Å². The largest absolute Gasteiger partial charge is 0.372 e. The molecule has 0 amide bonds. The standard InChI is InChI=1S/C13H17N7O2/c1-4-19(5-2)10-6-7-11(12(8-10)20(21)22)15-17-13-16-14-9-18(13)3/h6-9H,4-5H2,1-3H3. The lowest BCUT2D eigenvalue weighted by atomic mass is 10.2. The van der Waals surface area contributed by atoms with E-state index in [1.165, 1.54) is 12.4 Å². The zero-order valence-electron chi connectivity index (χ0n) is 12.7. The molecule has 22 heavy (non-hydrogen) atoms. The maximum absolute atomic E-state index is 11.3. The minimum absolute atomic E-state index is 0.0877. The van der Waals surface area contributed by atoms with E-state index in [4.69, 9.17) is 0 Å². The van der Waals surface area contributed by atoms with Crippen LogP contribution >= 0.6 is 0 Å². The predicted octanol–water partition coefficient (Wildman–Crippen LogP) is 2.98. The SMILES string of the molecule is CCN(CC)c1ccc(N=Nc2nncn2C)c([N+](=O)[O-])c1. The highest BCUT2D eigenvalue weighted by atomic mass is 16.6. The first-order valence-corrected chi connectivity index (χ1v) is 6.86. The lowest BCUT2D eigenvalue weighted by Crippen LogP contribution is -2.21. The van der Waals surface area contributed by atoms with E-state index >= 15 is 0 Å². The summed E-state index contributed by atoms with van der Waals surface area (Å²) in [5, 5.41) is 26.5. The Morgan fingerprint density at radius 2 is 2.05 bits per heavy atom. The number of azo groups is 1. The van der Waals surface area contributed by atoms with Gasteiger partial charge in [-0.05, 0) is 26.0 Å². The second-order valence-electron chi connectivity index (χ2n) is 4.54. The van der Waals surface area contributed by atoms with Gasteiger partial charge in [0.1, 0.15) is 6.33 Å². The van der Waals surface area contributed by atoms with E-state index in [0.717, 1.165) is 18.8 Å². The van der Waals surface area contributed by atoms with Crippen molar-refractivity contribution >= 4 is 23.0 Å². The number of benzene rings is 1. The second kappa shape index (κ2) is 6.74. The van der Waals surface area contributed by atoms with Gasteiger partial charge >= 0.3 is 0 Å². The van der Waals surface area contributed by atoms with Gasteiger partial charge in [0.2, 0.25) is 0 Å². The molecule has 1 aromatic carbocycles. The van der Waals surface area contributed by atoms with Crippen LogP contribution < -0.4 is 4.90 Å². The molecule has 0 fully saturated rings. The Balaban J connectivity index is 2.37. The first-order chi connectivity index (χ1) is 10.6. The molecular formula is C13H17N7O2. The first kappa shape index (κ1) is 15.5. The molecule has 1 heterocycles. The summed E-state index contributed by atoms with van der Waals surface area (Å²) in [5.41, 5.74) is 0.883. The Bertz CT molecular complexity index is 691. The highest BCUT2D eigenvalue weighted by Crippen LogP contribution is 2.32. The third-order valence-electron chi connectivity index (χ3n) is 3.22. The number of nitro benzene ring substituents is 1. The monoisotopic (exact) mass is 303 g/mol. The van der Waals surface area contributed by atoms with Crippen molar-refractivity contribution in [1.82, 2.24) is 14.8 Å². The van der Waals surface area contributed by atoms with Crippen LogP contribution in [0.25, 0.3) is 0 Å². The average Bonchev–Trinajstić information content (AvgIpc) is 2.92. The zero-order chi connectivity index (χ0) is 16.1. The van der Waals surface area contributed by atoms with Crippen LogP contribution in [0.3, 0.4) is 0 Å². The summed E-state index contributed by atoms with van der Waals surface area (Å²) in [6, 6.07) is 4.90. The van der Waals surface area contributed by atoms with Crippen molar-refractivity contribution in [2.75, 3.05) is 18.0 Å². The lowest BCUT2D eigenvalue weighted by Gasteiger charge is -2.20. The maximum Gasteiger partial charge on any atom is 0.298 e. The van der Waals surface area contributed by atoms with Crippen LogP contribution in [0.1, 0.15) is 13.8 Å². The van der Waals surface area contributed by atoms with Gasteiger partial charge < -0.3 is 9.47 Å². The normalized spacial score (nSPS) is 11.0. The molecule has 116 valence electrons. The number of nitrogens with zero attached hydrogens (tertiary/aromatic N) is 7. The molecule has 0 radical (unpaired) electrons. The van der Waals surface area contributed by atoms with E-state index in [-0.39, 0.29) is 17.3 Å². The molecule has 1 aromatic heterocycles. The summed E-state index contributed by atoms with van der Waals surface area (Å²) in [6.07, 6.45) is 1.48. The summed E-state index contributed by atoms with van der Waals surface area (Å²) in [7, 11) is 1.71. The van der Waals surface area contributed by atoms with Crippen LogP contribution in [0.2, 0.25) is 0 Å². The zero-order valence-corrected chi connectivity index (χ0v) is 12.7.